The molecule has 0 saturated heterocycles. The van der Waals surface area contributed by atoms with Crippen LogP contribution in [0.1, 0.15) is 24.2 Å². The number of benzene rings is 3. The first-order valence-electron chi connectivity index (χ1n) is 8.77. The van der Waals surface area contributed by atoms with Crippen LogP contribution in [-0.2, 0) is 4.79 Å². The van der Waals surface area contributed by atoms with Gasteiger partial charge >= 0.3 is 0 Å². The van der Waals surface area contributed by atoms with Gasteiger partial charge in [0.25, 0.3) is 5.91 Å². The summed E-state index contributed by atoms with van der Waals surface area (Å²) in [7, 11) is 0. The third kappa shape index (κ3) is 4.82. The Bertz CT molecular complexity index is 933. The quantitative estimate of drug-likeness (QED) is 0.633. The Balaban J connectivity index is 1.63. The van der Waals surface area contributed by atoms with Gasteiger partial charge in [-0.25, -0.2) is 0 Å². The van der Waals surface area contributed by atoms with Gasteiger partial charge in [0.15, 0.2) is 11.9 Å². The van der Waals surface area contributed by atoms with Crippen molar-refractivity contribution in [2.24, 2.45) is 0 Å². The van der Waals surface area contributed by atoms with Crippen molar-refractivity contribution in [2.75, 3.05) is 5.32 Å². The predicted molar refractivity (Wildman–Crippen MR) is 107 cm³/mol. The van der Waals surface area contributed by atoms with Crippen LogP contribution in [0.5, 0.6) is 5.75 Å². The summed E-state index contributed by atoms with van der Waals surface area (Å²) in [6, 6.07) is 24.5. The van der Waals surface area contributed by atoms with E-state index < -0.39 is 6.10 Å². The van der Waals surface area contributed by atoms with Crippen LogP contribution in [0.25, 0.3) is 11.1 Å². The number of anilines is 1. The standard InChI is InChI=1S/C23H21NO3/c1-16(25)20-9-6-10-21(15-20)24-23(26)17(2)27-22-13-11-19(12-14-22)18-7-4-3-5-8-18/h3-15,17H,1-2H3,(H,24,26). The van der Waals surface area contributed by atoms with Gasteiger partial charge in [-0.05, 0) is 49.2 Å². The lowest BCUT2D eigenvalue weighted by Gasteiger charge is -2.15. The van der Waals surface area contributed by atoms with Crippen molar-refractivity contribution in [3.8, 4) is 16.9 Å². The molecule has 1 N–H and O–H groups in total. The maximum absolute atomic E-state index is 12.4. The van der Waals surface area contributed by atoms with Crippen LogP contribution in [-0.4, -0.2) is 17.8 Å². The van der Waals surface area contributed by atoms with Gasteiger partial charge in [-0.2, -0.15) is 0 Å². The predicted octanol–water partition coefficient (Wildman–Crippen LogP) is 4.96. The molecule has 0 aromatic heterocycles. The normalized spacial score (nSPS) is 11.5. The molecular formula is C23H21NO3. The van der Waals surface area contributed by atoms with Crippen molar-refractivity contribution >= 4 is 17.4 Å². The average Bonchev–Trinajstić information content (AvgIpc) is 2.69. The van der Waals surface area contributed by atoms with E-state index >= 15 is 0 Å². The highest BCUT2D eigenvalue weighted by Crippen LogP contribution is 2.23. The topological polar surface area (TPSA) is 55.4 Å². The minimum absolute atomic E-state index is 0.0473. The second kappa shape index (κ2) is 8.32. The zero-order chi connectivity index (χ0) is 19.2. The highest BCUT2D eigenvalue weighted by atomic mass is 16.5. The number of carbonyl (C=O) groups excluding carboxylic acids is 2. The zero-order valence-corrected chi connectivity index (χ0v) is 15.3. The Labute approximate surface area is 158 Å². The van der Waals surface area contributed by atoms with Crippen molar-refractivity contribution in [1.29, 1.82) is 0 Å². The highest BCUT2D eigenvalue weighted by molar-refractivity contribution is 5.98. The van der Waals surface area contributed by atoms with E-state index in [0.717, 1.165) is 11.1 Å². The van der Waals surface area contributed by atoms with Crippen LogP contribution in [0.4, 0.5) is 5.69 Å². The van der Waals surface area contributed by atoms with Gasteiger partial charge in [-0.1, -0.05) is 54.6 Å². The molecule has 0 aliphatic heterocycles. The summed E-state index contributed by atoms with van der Waals surface area (Å²) in [5.74, 6) is 0.298. The van der Waals surface area contributed by atoms with Crippen LogP contribution >= 0.6 is 0 Å². The molecule has 0 radical (unpaired) electrons. The Kier molecular flexibility index (Phi) is 5.67. The maximum atomic E-state index is 12.4. The van der Waals surface area contributed by atoms with Crippen molar-refractivity contribution in [3.63, 3.8) is 0 Å². The minimum atomic E-state index is -0.673. The molecule has 4 nitrogen and oxygen atoms in total. The molecule has 3 aromatic carbocycles. The summed E-state index contributed by atoms with van der Waals surface area (Å²) >= 11 is 0. The van der Waals surface area contributed by atoms with Crippen molar-refractivity contribution < 1.29 is 14.3 Å². The summed E-state index contributed by atoms with van der Waals surface area (Å²) in [4.78, 5) is 23.8. The zero-order valence-electron chi connectivity index (χ0n) is 15.3. The number of nitrogens with one attached hydrogen (secondary N) is 1. The summed E-state index contributed by atoms with van der Waals surface area (Å²) in [5, 5.41) is 2.78. The number of ketones is 1. The third-order valence-corrected chi connectivity index (χ3v) is 4.18. The fourth-order valence-electron chi connectivity index (χ4n) is 2.67. The highest BCUT2D eigenvalue weighted by Gasteiger charge is 2.15. The van der Waals surface area contributed by atoms with Gasteiger partial charge in [0.05, 0.1) is 0 Å². The number of rotatable bonds is 6. The third-order valence-electron chi connectivity index (χ3n) is 4.18. The number of Topliss-reactive ketones (excluding diaryl/α,β-unsaturated/α-hetero) is 1. The summed E-state index contributed by atoms with van der Waals surface area (Å²) < 4.78 is 5.74. The van der Waals surface area contributed by atoms with Gasteiger partial charge in [0.2, 0.25) is 0 Å². The van der Waals surface area contributed by atoms with Crippen LogP contribution < -0.4 is 10.1 Å². The van der Waals surface area contributed by atoms with E-state index in [1.54, 1.807) is 31.2 Å². The molecule has 0 aliphatic rings. The SMILES string of the molecule is CC(=O)c1cccc(NC(=O)C(C)Oc2ccc(-c3ccccc3)cc2)c1. The van der Waals surface area contributed by atoms with Gasteiger partial charge < -0.3 is 10.1 Å². The number of hydrogen-bond acceptors (Lipinski definition) is 3. The molecule has 136 valence electrons. The second-order valence-corrected chi connectivity index (χ2v) is 6.28. The molecule has 0 aliphatic carbocycles. The van der Waals surface area contributed by atoms with E-state index in [-0.39, 0.29) is 11.7 Å². The molecule has 0 bridgehead atoms. The van der Waals surface area contributed by atoms with Crippen molar-refractivity contribution in [1.82, 2.24) is 0 Å². The van der Waals surface area contributed by atoms with E-state index in [1.165, 1.54) is 6.92 Å². The van der Waals surface area contributed by atoms with Crippen LogP contribution in [0, 0.1) is 0 Å². The van der Waals surface area contributed by atoms with Gasteiger partial charge in [0.1, 0.15) is 5.75 Å². The number of hydrogen-bond donors (Lipinski definition) is 1. The largest absolute Gasteiger partial charge is 0.481 e. The summed E-state index contributed by atoms with van der Waals surface area (Å²) in [5.41, 5.74) is 3.33. The lowest BCUT2D eigenvalue weighted by molar-refractivity contribution is -0.122. The first kappa shape index (κ1) is 18.4. The molecule has 0 saturated carbocycles. The van der Waals surface area contributed by atoms with Crippen molar-refractivity contribution in [2.45, 2.75) is 20.0 Å². The lowest BCUT2D eigenvalue weighted by atomic mass is 10.1. The first-order chi connectivity index (χ1) is 13.0. The molecule has 3 aromatic rings. The Hall–Kier alpha value is -3.40. The van der Waals surface area contributed by atoms with Crippen molar-refractivity contribution in [3.05, 3.63) is 84.4 Å². The van der Waals surface area contributed by atoms with E-state index in [2.05, 4.69) is 5.32 Å². The monoisotopic (exact) mass is 359 g/mol. The Morgan fingerprint density at radius 1 is 0.852 bits per heavy atom. The Morgan fingerprint density at radius 2 is 1.52 bits per heavy atom. The summed E-state index contributed by atoms with van der Waals surface area (Å²) in [6.07, 6.45) is -0.673. The lowest BCUT2D eigenvalue weighted by Crippen LogP contribution is -2.30. The van der Waals surface area contributed by atoms with E-state index in [0.29, 0.717) is 17.0 Å². The molecule has 1 amide bonds. The molecule has 1 unspecified atom stereocenters. The first-order valence-corrected chi connectivity index (χ1v) is 8.77. The molecule has 0 heterocycles. The van der Waals surface area contributed by atoms with Crippen LogP contribution in [0.2, 0.25) is 0 Å². The number of ether oxygens (including phenoxy) is 1. The molecule has 3 rings (SSSR count). The van der Waals surface area contributed by atoms with E-state index in [9.17, 15) is 9.59 Å². The van der Waals surface area contributed by atoms with Gasteiger partial charge in [-0.3, -0.25) is 9.59 Å². The molecule has 4 heteroatoms. The average molecular weight is 359 g/mol. The fourth-order valence-corrected chi connectivity index (χ4v) is 2.67. The fraction of sp³-hybridized carbons (Fsp3) is 0.130. The number of carbonyl (C=O) groups is 2. The molecule has 0 fully saturated rings. The van der Waals surface area contributed by atoms with E-state index in [4.69, 9.17) is 4.74 Å². The maximum Gasteiger partial charge on any atom is 0.265 e. The molecule has 27 heavy (non-hydrogen) atoms. The van der Waals surface area contributed by atoms with Crippen LogP contribution in [0.3, 0.4) is 0 Å². The smallest absolute Gasteiger partial charge is 0.265 e. The molecular weight excluding hydrogens is 338 g/mol. The molecule has 1 atom stereocenters. The van der Waals surface area contributed by atoms with Crippen LogP contribution in [0.15, 0.2) is 78.9 Å². The van der Waals surface area contributed by atoms with Gasteiger partial charge in [0, 0.05) is 11.3 Å². The second-order valence-electron chi connectivity index (χ2n) is 6.28. The number of amides is 1. The van der Waals surface area contributed by atoms with Gasteiger partial charge in [-0.15, -0.1) is 0 Å². The molecule has 0 spiro atoms. The Morgan fingerprint density at radius 3 is 2.19 bits per heavy atom. The minimum Gasteiger partial charge on any atom is -0.481 e. The van der Waals surface area contributed by atoms with E-state index in [1.807, 2.05) is 54.6 Å². The summed E-state index contributed by atoms with van der Waals surface area (Å²) in [6.45, 7) is 3.18.